The molecular weight excluding hydrogens is 167 g/mol. The third-order valence-corrected chi connectivity index (χ3v) is 1.24. The fourth-order valence-corrected chi connectivity index (χ4v) is 0.606. The molecule has 0 aromatic heterocycles. The molecule has 0 N–H and O–H groups in total. The summed E-state index contributed by atoms with van der Waals surface area (Å²) in [7, 11) is 3.30. The van der Waals surface area contributed by atoms with Gasteiger partial charge in [-0.3, -0.25) is 0 Å². The van der Waals surface area contributed by atoms with E-state index >= 15 is 0 Å². The first kappa shape index (κ1) is 15.9. The summed E-state index contributed by atoms with van der Waals surface area (Å²) in [4.78, 5) is 0. The summed E-state index contributed by atoms with van der Waals surface area (Å²) in [5, 5.41) is 0. The Morgan fingerprint density at radius 3 is 1.23 bits per heavy atom. The van der Waals surface area contributed by atoms with Gasteiger partial charge in [0.1, 0.15) is 0 Å². The van der Waals surface area contributed by atoms with Crippen LogP contribution in [0.2, 0.25) is 0 Å². The van der Waals surface area contributed by atoms with Gasteiger partial charge in [-0.1, -0.05) is 0 Å². The number of methoxy groups -OCH3 is 2. The first-order chi connectivity index (χ1) is 5.91. The van der Waals surface area contributed by atoms with Gasteiger partial charge in [-0.2, -0.15) is 0 Å². The summed E-state index contributed by atoms with van der Waals surface area (Å²) in [6.07, 6.45) is 0. The van der Waals surface area contributed by atoms with Crippen molar-refractivity contribution < 1.29 is 18.9 Å². The van der Waals surface area contributed by atoms with Gasteiger partial charge in [0.2, 0.25) is 0 Å². The van der Waals surface area contributed by atoms with Crippen LogP contribution in [0.5, 0.6) is 0 Å². The summed E-state index contributed by atoms with van der Waals surface area (Å²) < 4.78 is 19.9. The number of rotatable bonds is 9. The fourth-order valence-electron chi connectivity index (χ4n) is 0.606. The fraction of sp³-hybridized carbons (Fsp3) is 1.00. The Morgan fingerprint density at radius 2 is 0.923 bits per heavy atom. The normalized spacial score (nSPS) is 9.69. The van der Waals surface area contributed by atoms with E-state index in [4.69, 9.17) is 18.9 Å². The van der Waals surface area contributed by atoms with Crippen LogP contribution in [-0.2, 0) is 18.9 Å². The van der Waals surface area contributed by atoms with Crippen LogP contribution in [0.15, 0.2) is 0 Å². The molecule has 5 heteroatoms. The molecular formula is C8H19LiO4. The topological polar surface area (TPSA) is 36.9 Å². The monoisotopic (exact) mass is 186 g/mol. The van der Waals surface area contributed by atoms with E-state index in [1.54, 1.807) is 14.2 Å². The molecule has 76 valence electrons. The van der Waals surface area contributed by atoms with Crippen molar-refractivity contribution in [1.29, 1.82) is 0 Å². The van der Waals surface area contributed by atoms with Crippen molar-refractivity contribution in [1.82, 2.24) is 0 Å². The molecule has 0 spiro atoms. The van der Waals surface area contributed by atoms with Crippen LogP contribution < -0.4 is 0 Å². The summed E-state index contributed by atoms with van der Waals surface area (Å²) in [5.74, 6) is 0. The number of hydrogen-bond donors (Lipinski definition) is 0. The Labute approximate surface area is 92.0 Å². The van der Waals surface area contributed by atoms with Crippen LogP contribution in [0.1, 0.15) is 0 Å². The molecule has 0 amide bonds. The van der Waals surface area contributed by atoms with Crippen molar-refractivity contribution >= 4 is 18.9 Å². The molecule has 0 aromatic carbocycles. The van der Waals surface area contributed by atoms with Crippen LogP contribution >= 0.6 is 0 Å². The van der Waals surface area contributed by atoms with Crippen molar-refractivity contribution in [2.45, 2.75) is 0 Å². The molecule has 0 aliphatic rings. The molecule has 0 aromatic rings. The molecule has 4 nitrogen and oxygen atoms in total. The van der Waals surface area contributed by atoms with Gasteiger partial charge in [0.05, 0.1) is 39.6 Å². The predicted molar refractivity (Wildman–Crippen MR) is 52.5 cm³/mol. The zero-order valence-electron chi connectivity index (χ0n) is 7.88. The first-order valence-electron chi connectivity index (χ1n) is 4.05. The maximum absolute atomic E-state index is 5.16. The molecule has 0 aliphatic heterocycles. The average Bonchev–Trinajstić information content (AvgIpc) is 2.10. The number of ether oxygens (including phenoxy) is 4. The van der Waals surface area contributed by atoms with Crippen molar-refractivity contribution in [2.75, 3.05) is 53.9 Å². The standard InChI is InChI=1S/C8H18O4.Li.H/c1-9-3-5-11-7-8-12-6-4-10-2;;/h3-8H2,1-2H3;;. The van der Waals surface area contributed by atoms with Crippen LogP contribution in [0.25, 0.3) is 0 Å². The third kappa shape index (κ3) is 15.2. The first-order valence-corrected chi connectivity index (χ1v) is 4.05. The molecule has 0 fully saturated rings. The molecule has 0 bridgehead atoms. The SMILES string of the molecule is COCCOCCOCCOC.[LiH]. The molecule has 0 atom stereocenters. The minimum absolute atomic E-state index is 0. The van der Waals surface area contributed by atoms with Gasteiger partial charge in [-0.05, 0) is 0 Å². The Hall–Kier alpha value is 0.437. The van der Waals surface area contributed by atoms with Gasteiger partial charge in [-0.25, -0.2) is 0 Å². The van der Waals surface area contributed by atoms with E-state index in [-0.39, 0.29) is 18.9 Å². The van der Waals surface area contributed by atoms with Gasteiger partial charge in [0.15, 0.2) is 0 Å². The molecule has 0 saturated heterocycles. The van der Waals surface area contributed by atoms with E-state index < -0.39 is 0 Å². The summed E-state index contributed by atoms with van der Waals surface area (Å²) in [6, 6.07) is 0. The van der Waals surface area contributed by atoms with Crippen LogP contribution in [0.3, 0.4) is 0 Å². The second-order valence-corrected chi connectivity index (χ2v) is 2.21. The van der Waals surface area contributed by atoms with Crippen LogP contribution in [0.4, 0.5) is 0 Å². The summed E-state index contributed by atoms with van der Waals surface area (Å²) in [6.45, 7) is 3.77. The van der Waals surface area contributed by atoms with Crippen molar-refractivity contribution in [3.05, 3.63) is 0 Å². The van der Waals surface area contributed by atoms with E-state index in [1.807, 2.05) is 0 Å². The molecule has 0 unspecified atom stereocenters. The maximum atomic E-state index is 5.16. The molecule has 0 saturated carbocycles. The van der Waals surface area contributed by atoms with Crippen molar-refractivity contribution in [2.24, 2.45) is 0 Å². The second kappa shape index (κ2) is 14.9. The Balaban J connectivity index is 0. The second-order valence-electron chi connectivity index (χ2n) is 2.21. The third-order valence-electron chi connectivity index (χ3n) is 1.24. The van der Waals surface area contributed by atoms with E-state index in [0.717, 1.165) is 0 Å². The van der Waals surface area contributed by atoms with E-state index in [9.17, 15) is 0 Å². The average molecular weight is 186 g/mol. The molecule has 0 aliphatic carbocycles. The van der Waals surface area contributed by atoms with Gasteiger partial charge in [0.25, 0.3) is 0 Å². The molecule has 13 heavy (non-hydrogen) atoms. The van der Waals surface area contributed by atoms with E-state index in [0.29, 0.717) is 39.6 Å². The minimum atomic E-state index is 0. The predicted octanol–water partition coefficient (Wildman–Crippen LogP) is -0.336. The van der Waals surface area contributed by atoms with Crippen LogP contribution in [-0.4, -0.2) is 72.7 Å². The molecule has 0 rings (SSSR count). The van der Waals surface area contributed by atoms with E-state index in [1.165, 1.54) is 0 Å². The van der Waals surface area contributed by atoms with Crippen LogP contribution in [0, 0.1) is 0 Å². The van der Waals surface area contributed by atoms with Crippen molar-refractivity contribution in [3.63, 3.8) is 0 Å². The van der Waals surface area contributed by atoms with E-state index in [2.05, 4.69) is 0 Å². The summed E-state index contributed by atoms with van der Waals surface area (Å²) in [5.41, 5.74) is 0. The summed E-state index contributed by atoms with van der Waals surface area (Å²) >= 11 is 0. The Bertz CT molecular complexity index is 72.5. The molecule has 0 radical (unpaired) electrons. The zero-order valence-corrected chi connectivity index (χ0v) is 7.88. The van der Waals surface area contributed by atoms with Crippen molar-refractivity contribution in [3.8, 4) is 0 Å². The molecule has 0 heterocycles. The van der Waals surface area contributed by atoms with Gasteiger partial charge >= 0.3 is 18.9 Å². The number of hydrogen-bond acceptors (Lipinski definition) is 4. The van der Waals surface area contributed by atoms with Gasteiger partial charge in [0, 0.05) is 14.2 Å². The Kier molecular flexibility index (Phi) is 18.3. The quantitative estimate of drug-likeness (QED) is 0.365. The Morgan fingerprint density at radius 1 is 0.615 bits per heavy atom. The van der Waals surface area contributed by atoms with Gasteiger partial charge in [-0.15, -0.1) is 0 Å². The zero-order chi connectivity index (χ0) is 9.07. The van der Waals surface area contributed by atoms with Gasteiger partial charge < -0.3 is 18.9 Å².